The first-order valence-corrected chi connectivity index (χ1v) is 7.77. The van der Waals surface area contributed by atoms with Crippen LogP contribution >= 0.6 is 0 Å². The molecule has 0 aliphatic carbocycles. The molecule has 0 spiro atoms. The van der Waals surface area contributed by atoms with Crippen LogP contribution in [0.2, 0.25) is 0 Å². The number of hydrogen-bond donors (Lipinski definition) is 2. The van der Waals surface area contributed by atoms with Gasteiger partial charge in [-0.25, -0.2) is 13.4 Å². The summed E-state index contributed by atoms with van der Waals surface area (Å²) in [4.78, 5) is 4.21. The van der Waals surface area contributed by atoms with Crippen LogP contribution in [0.5, 0.6) is 0 Å². The Morgan fingerprint density at radius 3 is 2.29 bits per heavy atom. The minimum Gasteiger partial charge on any atom is -0.383 e. The number of nitrogens with zero attached hydrogens (tertiary/aromatic N) is 1. The fourth-order valence-electron chi connectivity index (χ4n) is 2.20. The number of aryl methyl sites for hydroxylation is 1. The van der Waals surface area contributed by atoms with E-state index in [4.69, 9.17) is 11.1 Å². The van der Waals surface area contributed by atoms with Crippen LogP contribution in [0.15, 0.2) is 57.2 Å². The zero-order valence-electron chi connectivity index (χ0n) is 11.3. The van der Waals surface area contributed by atoms with Gasteiger partial charge in [-0.1, -0.05) is 17.7 Å². The van der Waals surface area contributed by atoms with Gasteiger partial charge >= 0.3 is 0 Å². The number of amidine groups is 2. The summed E-state index contributed by atoms with van der Waals surface area (Å²) in [5.74, 6) is 0.234. The van der Waals surface area contributed by atoms with E-state index < -0.39 is 9.84 Å². The Kier molecular flexibility index (Phi) is 2.91. The lowest BCUT2D eigenvalue weighted by Gasteiger charge is -2.07. The van der Waals surface area contributed by atoms with Crippen LogP contribution in [0.3, 0.4) is 0 Å². The average Bonchev–Trinajstić information content (AvgIpc) is 2.74. The third-order valence-corrected chi connectivity index (χ3v) is 5.16. The molecule has 0 atom stereocenters. The van der Waals surface area contributed by atoms with Crippen molar-refractivity contribution in [1.29, 1.82) is 5.41 Å². The van der Waals surface area contributed by atoms with Crippen molar-refractivity contribution in [2.24, 2.45) is 10.7 Å². The summed E-state index contributed by atoms with van der Waals surface area (Å²) in [7, 11) is -3.61. The molecule has 0 amide bonds. The van der Waals surface area contributed by atoms with Gasteiger partial charge in [0.05, 0.1) is 9.79 Å². The van der Waals surface area contributed by atoms with Gasteiger partial charge in [-0.2, -0.15) is 0 Å². The zero-order chi connectivity index (χ0) is 15.2. The maximum atomic E-state index is 12.6. The van der Waals surface area contributed by atoms with Gasteiger partial charge in [0.2, 0.25) is 9.84 Å². The number of aliphatic imine (C=N–C) groups is 1. The molecule has 0 saturated heterocycles. The Bertz CT molecular complexity index is 882. The highest BCUT2D eigenvalue weighted by Crippen LogP contribution is 2.26. The molecule has 0 bridgehead atoms. The number of nitrogens with two attached hydrogens (primary N) is 1. The normalized spacial score (nSPS) is 14.0. The number of fused-ring (bicyclic) bond motifs is 1. The van der Waals surface area contributed by atoms with Crippen molar-refractivity contribution in [1.82, 2.24) is 0 Å². The van der Waals surface area contributed by atoms with Crippen LogP contribution in [-0.2, 0) is 9.84 Å². The van der Waals surface area contributed by atoms with E-state index in [9.17, 15) is 8.42 Å². The van der Waals surface area contributed by atoms with Crippen LogP contribution in [-0.4, -0.2) is 20.1 Å². The summed E-state index contributed by atoms with van der Waals surface area (Å²) in [5.41, 5.74) is 7.72. The Hall–Kier alpha value is -2.47. The number of nitrogens with one attached hydrogen (secondary N) is 1. The first-order valence-electron chi connectivity index (χ1n) is 6.29. The Balaban J connectivity index is 2.12. The van der Waals surface area contributed by atoms with Crippen molar-refractivity contribution in [2.75, 3.05) is 0 Å². The van der Waals surface area contributed by atoms with Crippen LogP contribution < -0.4 is 5.73 Å². The lowest BCUT2D eigenvalue weighted by Crippen LogP contribution is -2.11. The summed E-state index contributed by atoms with van der Waals surface area (Å²) in [6.45, 7) is 1.90. The molecule has 0 fully saturated rings. The Morgan fingerprint density at radius 2 is 1.62 bits per heavy atom. The molecule has 3 N–H and O–H groups in total. The molecule has 1 heterocycles. The third-order valence-electron chi connectivity index (χ3n) is 3.40. The van der Waals surface area contributed by atoms with Gasteiger partial charge in [0.25, 0.3) is 0 Å². The maximum absolute atomic E-state index is 12.6. The van der Waals surface area contributed by atoms with E-state index in [-0.39, 0.29) is 21.5 Å². The molecule has 0 unspecified atom stereocenters. The average molecular weight is 299 g/mol. The van der Waals surface area contributed by atoms with E-state index in [0.29, 0.717) is 11.1 Å². The van der Waals surface area contributed by atoms with Crippen molar-refractivity contribution < 1.29 is 8.42 Å². The summed E-state index contributed by atoms with van der Waals surface area (Å²) >= 11 is 0. The van der Waals surface area contributed by atoms with E-state index in [1.807, 2.05) is 6.92 Å². The van der Waals surface area contributed by atoms with Gasteiger partial charge in [0.15, 0.2) is 5.84 Å². The SMILES string of the molecule is Cc1ccc(S(=O)(=O)c2ccc3c(c2)C(=N)N=C3N)cc1. The fourth-order valence-corrected chi connectivity index (χ4v) is 3.49. The molecular weight excluding hydrogens is 286 g/mol. The number of rotatable bonds is 2. The minimum atomic E-state index is -3.61. The van der Waals surface area contributed by atoms with Crippen molar-refractivity contribution in [3.05, 3.63) is 59.2 Å². The molecule has 106 valence electrons. The monoisotopic (exact) mass is 299 g/mol. The Morgan fingerprint density at radius 1 is 1.00 bits per heavy atom. The fraction of sp³-hybridized carbons (Fsp3) is 0.0667. The quantitative estimate of drug-likeness (QED) is 0.886. The molecule has 1 aliphatic rings. The molecule has 0 aromatic heterocycles. The lowest BCUT2D eigenvalue weighted by molar-refractivity contribution is 0.596. The van der Waals surface area contributed by atoms with E-state index in [1.54, 1.807) is 30.3 Å². The van der Waals surface area contributed by atoms with Crippen molar-refractivity contribution in [2.45, 2.75) is 16.7 Å². The van der Waals surface area contributed by atoms with E-state index >= 15 is 0 Å². The molecule has 3 rings (SSSR count). The summed E-state index contributed by atoms with van der Waals surface area (Å²) in [6, 6.07) is 11.2. The summed E-state index contributed by atoms with van der Waals surface area (Å²) < 4.78 is 25.2. The van der Waals surface area contributed by atoms with Crippen LogP contribution in [0.1, 0.15) is 16.7 Å². The van der Waals surface area contributed by atoms with Gasteiger partial charge in [0.1, 0.15) is 5.84 Å². The van der Waals surface area contributed by atoms with Gasteiger partial charge in [-0.3, -0.25) is 5.41 Å². The first-order chi connectivity index (χ1) is 9.89. The topological polar surface area (TPSA) is 96.4 Å². The van der Waals surface area contributed by atoms with Crippen molar-refractivity contribution in [3.63, 3.8) is 0 Å². The van der Waals surface area contributed by atoms with E-state index in [0.717, 1.165) is 5.56 Å². The van der Waals surface area contributed by atoms with Gasteiger partial charge in [-0.15, -0.1) is 0 Å². The zero-order valence-corrected chi connectivity index (χ0v) is 12.1. The largest absolute Gasteiger partial charge is 0.383 e. The highest BCUT2D eigenvalue weighted by molar-refractivity contribution is 7.91. The molecule has 5 nitrogen and oxygen atoms in total. The third kappa shape index (κ3) is 2.13. The standard InChI is InChI=1S/C15H13N3O2S/c1-9-2-4-10(5-3-9)21(19,20)11-6-7-12-13(8-11)15(17)18-14(12)16/h2-8H,1H3,(H3,16,17,18). The smallest absolute Gasteiger partial charge is 0.206 e. The lowest BCUT2D eigenvalue weighted by atomic mass is 10.1. The molecule has 6 heteroatoms. The molecule has 2 aromatic carbocycles. The van der Waals surface area contributed by atoms with Gasteiger partial charge in [-0.05, 0) is 37.3 Å². The molecule has 1 aliphatic heterocycles. The molecule has 2 aromatic rings. The number of hydrogen-bond acceptors (Lipinski definition) is 4. The molecule has 21 heavy (non-hydrogen) atoms. The second-order valence-electron chi connectivity index (χ2n) is 4.87. The summed E-state index contributed by atoms with van der Waals surface area (Å²) in [6.07, 6.45) is 0. The first kappa shape index (κ1) is 13.5. The van der Waals surface area contributed by atoms with Crippen LogP contribution in [0.4, 0.5) is 0 Å². The second kappa shape index (κ2) is 4.53. The van der Waals surface area contributed by atoms with Crippen LogP contribution in [0.25, 0.3) is 0 Å². The minimum absolute atomic E-state index is 0.0107. The molecule has 0 saturated carbocycles. The van der Waals surface area contributed by atoms with Crippen LogP contribution in [0, 0.1) is 12.3 Å². The number of benzene rings is 2. The predicted molar refractivity (Wildman–Crippen MR) is 80.6 cm³/mol. The maximum Gasteiger partial charge on any atom is 0.206 e. The molecule has 0 radical (unpaired) electrons. The van der Waals surface area contributed by atoms with E-state index in [1.165, 1.54) is 12.1 Å². The van der Waals surface area contributed by atoms with Crippen molar-refractivity contribution in [3.8, 4) is 0 Å². The van der Waals surface area contributed by atoms with Crippen molar-refractivity contribution >= 4 is 21.5 Å². The molecular formula is C15H13N3O2S. The highest BCUT2D eigenvalue weighted by atomic mass is 32.2. The predicted octanol–water partition coefficient (Wildman–Crippen LogP) is 1.87. The number of sulfone groups is 1. The summed E-state index contributed by atoms with van der Waals surface area (Å²) in [5, 5.41) is 7.73. The second-order valence-corrected chi connectivity index (χ2v) is 6.82. The highest BCUT2D eigenvalue weighted by Gasteiger charge is 2.23. The van der Waals surface area contributed by atoms with Gasteiger partial charge in [0, 0.05) is 11.1 Å². The Labute approximate surface area is 122 Å². The van der Waals surface area contributed by atoms with Gasteiger partial charge < -0.3 is 5.73 Å². The van der Waals surface area contributed by atoms with E-state index in [2.05, 4.69) is 4.99 Å².